The average Bonchev–Trinajstić information content (AvgIpc) is 2.66. The molecule has 0 aliphatic carbocycles. The van der Waals surface area contributed by atoms with Crippen LogP contribution in [0.1, 0.15) is 44.0 Å². The minimum atomic E-state index is -0.177. The lowest BCUT2D eigenvalue weighted by Crippen LogP contribution is -2.41. The number of amides is 3. The van der Waals surface area contributed by atoms with Gasteiger partial charge in [0, 0.05) is 20.0 Å². The highest BCUT2D eigenvalue weighted by molar-refractivity contribution is 6.04. The van der Waals surface area contributed by atoms with E-state index in [4.69, 9.17) is 0 Å². The quantitative estimate of drug-likeness (QED) is 0.634. The number of piperidine rings is 1. The molecule has 0 saturated carbocycles. The van der Waals surface area contributed by atoms with Crippen LogP contribution >= 0.6 is 0 Å². The van der Waals surface area contributed by atoms with Gasteiger partial charge in [0.1, 0.15) is 0 Å². The Labute approximate surface area is 167 Å². The first kappa shape index (κ1) is 21.9. The van der Waals surface area contributed by atoms with E-state index < -0.39 is 0 Å². The van der Waals surface area contributed by atoms with Crippen LogP contribution in [0.2, 0.25) is 0 Å². The fourth-order valence-corrected chi connectivity index (χ4v) is 3.21. The second-order valence-electron chi connectivity index (χ2n) is 7.85. The number of benzene rings is 1. The van der Waals surface area contributed by atoms with Crippen LogP contribution in [0.15, 0.2) is 24.3 Å². The molecule has 154 valence electrons. The number of hydrogen-bond donors (Lipinski definition) is 3. The fraction of sp³-hybridized carbons (Fsp3) is 0.571. The standard InChI is InChI=1S/C21H32N4O3/c1-15(2)12-23-21(28)18-6-4-5-7-19(18)24-20(27)14-25-10-8-17(9-11-25)13-22-16(3)26/h4-7,15,17H,8-14H2,1-3H3,(H,22,26)(H,23,28)(H,24,27). The normalized spacial score (nSPS) is 15.3. The third-order valence-electron chi connectivity index (χ3n) is 4.83. The Bertz CT molecular complexity index is 682. The van der Waals surface area contributed by atoms with E-state index >= 15 is 0 Å². The van der Waals surface area contributed by atoms with E-state index in [0.29, 0.717) is 42.7 Å². The Hall–Kier alpha value is -2.41. The highest BCUT2D eigenvalue weighted by Crippen LogP contribution is 2.18. The van der Waals surface area contributed by atoms with Crippen molar-refractivity contribution in [1.29, 1.82) is 0 Å². The van der Waals surface area contributed by atoms with Crippen LogP contribution in [0.4, 0.5) is 5.69 Å². The monoisotopic (exact) mass is 388 g/mol. The Balaban J connectivity index is 1.84. The van der Waals surface area contributed by atoms with Gasteiger partial charge in [-0.05, 0) is 49.9 Å². The minimum Gasteiger partial charge on any atom is -0.356 e. The first-order chi connectivity index (χ1) is 13.3. The van der Waals surface area contributed by atoms with Crippen molar-refractivity contribution in [3.63, 3.8) is 0 Å². The van der Waals surface area contributed by atoms with Gasteiger partial charge in [-0.3, -0.25) is 19.3 Å². The molecule has 2 rings (SSSR count). The lowest BCUT2D eigenvalue weighted by Gasteiger charge is -2.31. The molecule has 1 aliphatic rings. The number of likely N-dealkylation sites (tertiary alicyclic amines) is 1. The summed E-state index contributed by atoms with van der Waals surface area (Å²) in [5.74, 6) is 0.526. The number of carbonyl (C=O) groups is 3. The summed E-state index contributed by atoms with van der Waals surface area (Å²) in [6, 6.07) is 7.07. The maximum Gasteiger partial charge on any atom is 0.253 e. The molecule has 7 nitrogen and oxygen atoms in total. The first-order valence-electron chi connectivity index (χ1n) is 9.99. The molecule has 0 spiro atoms. The summed E-state index contributed by atoms with van der Waals surface area (Å²) in [5.41, 5.74) is 1.01. The van der Waals surface area contributed by atoms with Crippen molar-refractivity contribution in [2.45, 2.75) is 33.6 Å². The van der Waals surface area contributed by atoms with Gasteiger partial charge in [-0.25, -0.2) is 0 Å². The van der Waals surface area contributed by atoms with E-state index in [1.165, 1.54) is 6.92 Å². The molecule has 1 aromatic carbocycles. The Morgan fingerprint density at radius 1 is 1.11 bits per heavy atom. The molecule has 1 saturated heterocycles. The van der Waals surface area contributed by atoms with Crippen LogP contribution in [0, 0.1) is 11.8 Å². The summed E-state index contributed by atoms with van der Waals surface area (Å²) in [6.45, 7) is 8.85. The molecule has 1 fully saturated rings. The number of para-hydroxylation sites is 1. The van der Waals surface area contributed by atoms with Gasteiger partial charge in [0.2, 0.25) is 11.8 Å². The zero-order valence-corrected chi connectivity index (χ0v) is 17.1. The van der Waals surface area contributed by atoms with Crippen molar-refractivity contribution in [3.8, 4) is 0 Å². The molecule has 1 heterocycles. The molecule has 1 aliphatic heterocycles. The van der Waals surface area contributed by atoms with Gasteiger partial charge < -0.3 is 16.0 Å². The fourth-order valence-electron chi connectivity index (χ4n) is 3.21. The van der Waals surface area contributed by atoms with Crippen molar-refractivity contribution in [3.05, 3.63) is 29.8 Å². The van der Waals surface area contributed by atoms with Gasteiger partial charge in [-0.1, -0.05) is 26.0 Å². The molecule has 3 N–H and O–H groups in total. The van der Waals surface area contributed by atoms with Crippen LogP contribution in [-0.2, 0) is 9.59 Å². The van der Waals surface area contributed by atoms with E-state index in [0.717, 1.165) is 25.9 Å². The third kappa shape index (κ3) is 7.31. The van der Waals surface area contributed by atoms with Crippen LogP contribution in [-0.4, -0.2) is 55.3 Å². The molecule has 0 atom stereocenters. The number of rotatable bonds is 8. The Kier molecular flexibility index (Phi) is 8.44. The summed E-state index contributed by atoms with van der Waals surface area (Å²) in [5, 5.41) is 8.63. The summed E-state index contributed by atoms with van der Waals surface area (Å²) in [6.07, 6.45) is 1.92. The zero-order chi connectivity index (χ0) is 20.5. The maximum absolute atomic E-state index is 12.5. The van der Waals surface area contributed by atoms with Crippen LogP contribution in [0.5, 0.6) is 0 Å². The van der Waals surface area contributed by atoms with E-state index in [1.54, 1.807) is 18.2 Å². The number of carbonyl (C=O) groups excluding carboxylic acids is 3. The molecule has 3 amide bonds. The maximum atomic E-state index is 12.5. The topological polar surface area (TPSA) is 90.5 Å². The SMILES string of the molecule is CC(=O)NCC1CCN(CC(=O)Nc2ccccc2C(=O)NCC(C)C)CC1. The predicted molar refractivity (Wildman–Crippen MR) is 110 cm³/mol. The molecule has 0 bridgehead atoms. The molecule has 7 heteroatoms. The van der Waals surface area contributed by atoms with Crippen molar-refractivity contribution < 1.29 is 14.4 Å². The number of nitrogens with one attached hydrogen (secondary N) is 3. The molecular formula is C21H32N4O3. The summed E-state index contributed by atoms with van der Waals surface area (Å²) >= 11 is 0. The van der Waals surface area contributed by atoms with Crippen molar-refractivity contribution >= 4 is 23.4 Å². The number of anilines is 1. The van der Waals surface area contributed by atoms with Crippen LogP contribution in [0.25, 0.3) is 0 Å². The lowest BCUT2D eigenvalue weighted by atomic mass is 9.97. The minimum absolute atomic E-state index is 0.00194. The highest BCUT2D eigenvalue weighted by atomic mass is 16.2. The molecule has 1 aromatic rings. The van der Waals surface area contributed by atoms with Gasteiger partial charge in [0.05, 0.1) is 17.8 Å². The molecular weight excluding hydrogens is 356 g/mol. The molecule has 0 aromatic heterocycles. The van der Waals surface area contributed by atoms with Crippen molar-refractivity contribution in [1.82, 2.24) is 15.5 Å². The smallest absolute Gasteiger partial charge is 0.253 e. The number of hydrogen-bond acceptors (Lipinski definition) is 4. The largest absolute Gasteiger partial charge is 0.356 e. The average molecular weight is 389 g/mol. The van der Waals surface area contributed by atoms with Gasteiger partial charge in [0.15, 0.2) is 0 Å². The molecule has 0 unspecified atom stereocenters. The van der Waals surface area contributed by atoms with Gasteiger partial charge in [0.25, 0.3) is 5.91 Å². The molecule has 28 heavy (non-hydrogen) atoms. The second-order valence-corrected chi connectivity index (χ2v) is 7.85. The van der Waals surface area contributed by atoms with E-state index in [2.05, 4.69) is 20.9 Å². The Morgan fingerprint density at radius 2 is 1.79 bits per heavy atom. The lowest BCUT2D eigenvalue weighted by molar-refractivity contribution is -0.119. The predicted octanol–water partition coefficient (Wildman–Crippen LogP) is 1.86. The van der Waals surface area contributed by atoms with Gasteiger partial charge in [-0.2, -0.15) is 0 Å². The third-order valence-corrected chi connectivity index (χ3v) is 4.83. The van der Waals surface area contributed by atoms with Crippen molar-refractivity contribution in [2.24, 2.45) is 11.8 Å². The van der Waals surface area contributed by atoms with E-state index in [-0.39, 0.29) is 17.7 Å². The second kappa shape index (κ2) is 10.8. The summed E-state index contributed by atoms with van der Waals surface area (Å²) < 4.78 is 0. The van der Waals surface area contributed by atoms with Gasteiger partial charge >= 0.3 is 0 Å². The zero-order valence-electron chi connectivity index (χ0n) is 17.1. The molecule has 0 radical (unpaired) electrons. The first-order valence-corrected chi connectivity index (χ1v) is 9.99. The van der Waals surface area contributed by atoms with Crippen LogP contribution in [0.3, 0.4) is 0 Å². The van der Waals surface area contributed by atoms with Gasteiger partial charge in [-0.15, -0.1) is 0 Å². The highest BCUT2D eigenvalue weighted by Gasteiger charge is 2.21. The summed E-state index contributed by atoms with van der Waals surface area (Å²) in [7, 11) is 0. The Morgan fingerprint density at radius 3 is 2.43 bits per heavy atom. The van der Waals surface area contributed by atoms with Crippen molar-refractivity contribution in [2.75, 3.05) is 38.0 Å². The van der Waals surface area contributed by atoms with E-state index in [9.17, 15) is 14.4 Å². The number of nitrogens with zero attached hydrogens (tertiary/aromatic N) is 1. The summed E-state index contributed by atoms with van der Waals surface area (Å²) in [4.78, 5) is 38.0. The van der Waals surface area contributed by atoms with E-state index in [1.807, 2.05) is 19.9 Å². The van der Waals surface area contributed by atoms with Crippen LogP contribution < -0.4 is 16.0 Å².